The van der Waals surface area contributed by atoms with Gasteiger partial charge in [-0.15, -0.1) is 0 Å². The number of imidazole rings is 1. The zero-order valence-electron chi connectivity index (χ0n) is 10.9. The molecule has 0 fully saturated rings. The molecule has 0 spiro atoms. The van der Waals surface area contributed by atoms with E-state index in [-0.39, 0.29) is 5.91 Å². The molecule has 5 nitrogen and oxygen atoms in total. The normalized spacial score (nSPS) is 11.1. The molecule has 0 aliphatic carbocycles. The van der Waals surface area contributed by atoms with Crippen molar-refractivity contribution in [3.8, 4) is 0 Å². The highest BCUT2D eigenvalue weighted by Crippen LogP contribution is 2.11. The van der Waals surface area contributed by atoms with Crippen LogP contribution in [0.3, 0.4) is 0 Å². The molecule has 3 rings (SSSR count). The molecule has 2 aromatic carbocycles. The van der Waals surface area contributed by atoms with Crippen LogP contribution in [0.4, 0.5) is 0 Å². The Morgan fingerprint density at radius 3 is 2.86 bits per heavy atom. The largest absolute Gasteiger partial charge is 0.345 e. The van der Waals surface area contributed by atoms with Crippen molar-refractivity contribution in [3.05, 3.63) is 64.4 Å². The summed E-state index contributed by atoms with van der Waals surface area (Å²) in [6.45, 7) is 0. The van der Waals surface area contributed by atoms with Gasteiger partial charge >= 0.3 is 0 Å². The second kappa shape index (κ2) is 5.88. The SMILES string of the molecule is O=C(NN=Cc1ccc(Br)cc1)c1ccc2nc[nH]c2c1. The summed E-state index contributed by atoms with van der Waals surface area (Å²) in [4.78, 5) is 19.1. The second-order valence-corrected chi connectivity index (χ2v) is 5.30. The van der Waals surface area contributed by atoms with Crippen molar-refractivity contribution in [3.63, 3.8) is 0 Å². The predicted octanol–water partition coefficient (Wildman–Crippen LogP) is 3.09. The van der Waals surface area contributed by atoms with Crippen LogP contribution in [0, 0.1) is 0 Å². The maximum Gasteiger partial charge on any atom is 0.271 e. The molecule has 0 bridgehead atoms. The Bertz CT molecular complexity index is 808. The summed E-state index contributed by atoms with van der Waals surface area (Å²) >= 11 is 3.36. The van der Waals surface area contributed by atoms with Gasteiger partial charge in [-0.1, -0.05) is 28.1 Å². The minimum Gasteiger partial charge on any atom is -0.345 e. The number of H-pyrrole nitrogens is 1. The first-order valence-electron chi connectivity index (χ1n) is 6.24. The highest BCUT2D eigenvalue weighted by molar-refractivity contribution is 9.10. The van der Waals surface area contributed by atoms with E-state index in [4.69, 9.17) is 0 Å². The molecule has 1 heterocycles. The van der Waals surface area contributed by atoms with Crippen LogP contribution in [-0.2, 0) is 0 Å². The first kappa shape index (κ1) is 13.5. The van der Waals surface area contributed by atoms with E-state index in [1.54, 1.807) is 30.7 Å². The molecule has 0 atom stereocenters. The number of aromatic nitrogens is 2. The zero-order chi connectivity index (χ0) is 14.7. The third-order valence-electron chi connectivity index (χ3n) is 2.93. The van der Waals surface area contributed by atoms with Crippen molar-refractivity contribution >= 4 is 39.1 Å². The number of nitrogens with one attached hydrogen (secondary N) is 2. The number of fused-ring (bicyclic) bond motifs is 1. The molecular weight excluding hydrogens is 332 g/mol. The molecule has 0 radical (unpaired) electrons. The molecule has 0 saturated carbocycles. The molecule has 21 heavy (non-hydrogen) atoms. The van der Waals surface area contributed by atoms with Crippen LogP contribution in [0.5, 0.6) is 0 Å². The van der Waals surface area contributed by atoms with Crippen LogP contribution in [-0.4, -0.2) is 22.1 Å². The number of halogens is 1. The topological polar surface area (TPSA) is 70.1 Å². The standard InChI is InChI=1S/C15H11BrN4O/c16-12-4-1-10(2-5-12)8-19-20-15(21)11-3-6-13-14(7-11)18-9-17-13/h1-9H,(H,17,18)(H,20,21). The monoisotopic (exact) mass is 342 g/mol. The van der Waals surface area contributed by atoms with Gasteiger partial charge in [0.25, 0.3) is 5.91 Å². The summed E-state index contributed by atoms with van der Waals surface area (Å²) in [7, 11) is 0. The van der Waals surface area contributed by atoms with Gasteiger partial charge < -0.3 is 4.98 Å². The first-order valence-corrected chi connectivity index (χ1v) is 7.04. The van der Waals surface area contributed by atoms with Crippen molar-refractivity contribution in [1.29, 1.82) is 0 Å². The number of aromatic amines is 1. The number of amides is 1. The van der Waals surface area contributed by atoms with Crippen molar-refractivity contribution in [1.82, 2.24) is 15.4 Å². The van der Waals surface area contributed by atoms with Gasteiger partial charge in [-0.25, -0.2) is 10.4 Å². The molecule has 0 aliphatic heterocycles. The molecule has 2 N–H and O–H groups in total. The van der Waals surface area contributed by atoms with Crippen molar-refractivity contribution in [2.24, 2.45) is 5.10 Å². The van der Waals surface area contributed by atoms with Crippen LogP contribution in [0.2, 0.25) is 0 Å². The van der Waals surface area contributed by atoms with E-state index in [0.717, 1.165) is 21.1 Å². The van der Waals surface area contributed by atoms with Crippen LogP contribution in [0.25, 0.3) is 11.0 Å². The van der Waals surface area contributed by atoms with E-state index < -0.39 is 0 Å². The lowest BCUT2D eigenvalue weighted by Gasteiger charge is -2.00. The third-order valence-corrected chi connectivity index (χ3v) is 3.46. The van der Waals surface area contributed by atoms with Crippen molar-refractivity contribution in [2.45, 2.75) is 0 Å². The first-order chi connectivity index (χ1) is 10.2. The summed E-state index contributed by atoms with van der Waals surface area (Å²) < 4.78 is 0.997. The number of carbonyl (C=O) groups is 1. The van der Waals surface area contributed by atoms with Gasteiger partial charge in [-0.3, -0.25) is 4.79 Å². The minimum atomic E-state index is -0.264. The average molecular weight is 343 g/mol. The summed E-state index contributed by atoms with van der Waals surface area (Å²) in [5, 5.41) is 3.95. The quantitative estimate of drug-likeness (QED) is 0.567. The summed E-state index contributed by atoms with van der Waals surface area (Å²) in [5.41, 5.74) is 5.58. The highest BCUT2D eigenvalue weighted by atomic mass is 79.9. The Morgan fingerprint density at radius 2 is 2.05 bits per heavy atom. The summed E-state index contributed by atoms with van der Waals surface area (Å²) in [5.74, 6) is -0.264. The van der Waals surface area contributed by atoms with E-state index in [1.165, 1.54) is 0 Å². The van der Waals surface area contributed by atoms with Crippen LogP contribution in [0.1, 0.15) is 15.9 Å². The number of hydrogen-bond acceptors (Lipinski definition) is 3. The number of carbonyl (C=O) groups excluding carboxylic acids is 1. The minimum absolute atomic E-state index is 0.264. The van der Waals surface area contributed by atoms with E-state index in [1.807, 2.05) is 24.3 Å². The second-order valence-electron chi connectivity index (χ2n) is 4.39. The third kappa shape index (κ3) is 3.17. The van der Waals surface area contributed by atoms with E-state index in [0.29, 0.717) is 5.56 Å². The smallest absolute Gasteiger partial charge is 0.271 e. The van der Waals surface area contributed by atoms with Crippen molar-refractivity contribution in [2.75, 3.05) is 0 Å². The lowest BCUT2D eigenvalue weighted by atomic mass is 10.2. The fourth-order valence-corrected chi connectivity index (χ4v) is 2.12. The van der Waals surface area contributed by atoms with E-state index >= 15 is 0 Å². The number of benzene rings is 2. The Morgan fingerprint density at radius 1 is 1.24 bits per heavy atom. The maximum atomic E-state index is 12.0. The van der Waals surface area contributed by atoms with Gasteiger partial charge in [0.05, 0.1) is 23.6 Å². The Balaban J connectivity index is 1.69. The lowest BCUT2D eigenvalue weighted by Crippen LogP contribution is -2.17. The molecular formula is C15H11BrN4O. The van der Waals surface area contributed by atoms with Gasteiger partial charge in [0, 0.05) is 10.0 Å². The highest BCUT2D eigenvalue weighted by Gasteiger charge is 2.05. The van der Waals surface area contributed by atoms with E-state index in [9.17, 15) is 4.79 Å². The Labute approximate surface area is 129 Å². The molecule has 0 unspecified atom stereocenters. The maximum absolute atomic E-state index is 12.0. The molecule has 0 aliphatic rings. The summed E-state index contributed by atoms with van der Waals surface area (Å²) in [6, 6.07) is 12.9. The number of rotatable bonds is 3. The molecule has 6 heteroatoms. The fraction of sp³-hybridized carbons (Fsp3) is 0. The summed E-state index contributed by atoms with van der Waals surface area (Å²) in [6.07, 6.45) is 3.19. The number of hydrazone groups is 1. The van der Waals surface area contributed by atoms with Crippen LogP contribution in [0.15, 0.2) is 58.4 Å². The van der Waals surface area contributed by atoms with Gasteiger partial charge in [-0.2, -0.15) is 5.10 Å². The van der Waals surface area contributed by atoms with E-state index in [2.05, 4.69) is 36.4 Å². The Kier molecular flexibility index (Phi) is 3.79. The zero-order valence-corrected chi connectivity index (χ0v) is 12.5. The van der Waals surface area contributed by atoms with Gasteiger partial charge in [0.15, 0.2) is 0 Å². The van der Waals surface area contributed by atoms with Crippen molar-refractivity contribution < 1.29 is 4.79 Å². The number of nitrogens with zero attached hydrogens (tertiary/aromatic N) is 2. The predicted molar refractivity (Wildman–Crippen MR) is 85.3 cm³/mol. The molecule has 3 aromatic rings. The van der Waals surface area contributed by atoms with Gasteiger partial charge in [0.1, 0.15) is 0 Å². The Hall–Kier alpha value is -2.47. The molecule has 104 valence electrons. The average Bonchev–Trinajstić information content (AvgIpc) is 2.96. The molecule has 1 aromatic heterocycles. The van der Waals surface area contributed by atoms with Gasteiger partial charge in [-0.05, 0) is 35.9 Å². The molecule has 1 amide bonds. The van der Waals surface area contributed by atoms with Crippen LogP contribution >= 0.6 is 15.9 Å². The van der Waals surface area contributed by atoms with Gasteiger partial charge in [0.2, 0.25) is 0 Å². The lowest BCUT2D eigenvalue weighted by molar-refractivity contribution is 0.0955. The number of hydrogen-bond donors (Lipinski definition) is 2. The fourth-order valence-electron chi connectivity index (χ4n) is 1.86. The molecule has 0 saturated heterocycles. The van der Waals surface area contributed by atoms with Crippen LogP contribution < -0.4 is 5.43 Å².